The van der Waals surface area contributed by atoms with Gasteiger partial charge in [0.15, 0.2) is 5.76 Å². The predicted molar refractivity (Wildman–Crippen MR) is 76.7 cm³/mol. The number of aliphatic hydroxyl groups excluding tert-OH is 1. The monoisotopic (exact) mass is 294 g/mol. The highest BCUT2D eigenvalue weighted by Crippen LogP contribution is 2.20. The summed E-state index contributed by atoms with van der Waals surface area (Å²) in [4.78, 5) is 26.0. The van der Waals surface area contributed by atoms with Gasteiger partial charge in [0.2, 0.25) is 5.91 Å². The van der Waals surface area contributed by atoms with Crippen molar-refractivity contribution in [3.05, 3.63) is 24.2 Å². The van der Waals surface area contributed by atoms with Gasteiger partial charge in [-0.3, -0.25) is 9.59 Å². The van der Waals surface area contributed by atoms with Gasteiger partial charge in [-0.25, -0.2) is 0 Å². The molecule has 2 amide bonds. The number of hydrogen-bond donors (Lipinski definition) is 2. The zero-order chi connectivity index (χ0) is 15.2. The number of hydrogen-bond acceptors (Lipinski definition) is 4. The average molecular weight is 294 g/mol. The molecule has 116 valence electrons. The molecule has 0 aliphatic carbocycles. The van der Waals surface area contributed by atoms with E-state index in [4.69, 9.17) is 4.42 Å². The van der Waals surface area contributed by atoms with Crippen molar-refractivity contribution in [3.8, 4) is 0 Å². The number of carbonyl (C=O) groups is 2. The van der Waals surface area contributed by atoms with E-state index in [1.807, 2.05) is 6.92 Å². The van der Waals surface area contributed by atoms with E-state index < -0.39 is 12.1 Å². The van der Waals surface area contributed by atoms with E-state index >= 15 is 0 Å². The Bertz CT molecular complexity index is 472. The Balaban J connectivity index is 1.89. The molecular formula is C15H22N2O4. The van der Waals surface area contributed by atoms with Gasteiger partial charge in [-0.1, -0.05) is 6.92 Å². The van der Waals surface area contributed by atoms with Crippen LogP contribution < -0.4 is 5.32 Å². The molecule has 2 unspecified atom stereocenters. The zero-order valence-corrected chi connectivity index (χ0v) is 12.2. The summed E-state index contributed by atoms with van der Waals surface area (Å²) in [5, 5.41) is 12.3. The highest BCUT2D eigenvalue weighted by atomic mass is 16.3. The van der Waals surface area contributed by atoms with Gasteiger partial charge < -0.3 is 19.7 Å². The highest BCUT2D eigenvalue weighted by Gasteiger charge is 2.35. The second-order valence-electron chi connectivity index (χ2n) is 5.28. The first-order chi connectivity index (χ1) is 10.1. The van der Waals surface area contributed by atoms with Gasteiger partial charge in [-0.15, -0.1) is 0 Å². The second-order valence-corrected chi connectivity index (χ2v) is 5.28. The standard InChI is InChI=1S/C15H22N2O4/c1-2-11(18)7-8-16-14(19)12-5-3-9-17(12)15(20)13-6-4-10-21-13/h4,6,10-12,18H,2-3,5,7-9H2,1H3,(H,16,19). The van der Waals surface area contributed by atoms with E-state index in [9.17, 15) is 14.7 Å². The van der Waals surface area contributed by atoms with Crippen LogP contribution in [0.3, 0.4) is 0 Å². The molecule has 0 saturated carbocycles. The lowest BCUT2D eigenvalue weighted by molar-refractivity contribution is -0.124. The molecule has 1 fully saturated rings. The number of carbonyl (C=O) groups excluding carboxylic acids is 2. The van der Waals surface area contributed by atoms with Crippen LogP contribution in [0.15, 0.2) is 22.8 Å². The summed E-state index contributed by atoms with van der Waals surface area (Å²) in [7, 11) is 0. The lowest BCUT2D eigenvalue weighted by atomic mass is 10.1. The molecule has 1 aliphatic heterocycles. The molecule has 0 radical (unpaired) electrons. The SMILES string of the molecule is CCC(O)CCNC(=O)C1CCCN1C(=O)c1ccco1. The molecule has 6 nitrogen and oxygen atoms in total. The van der Waals surface area contributed by atoms with Crippen molar-refractivity contribution in [2.24, 2.45) is 0 Å². The Morgan fingerprint density at radius 3 is 3.05 bits per heavy atom. The lowest BCUT2D eigenvalue weighted by Crippen LogP contribution is -2.46. The van der Waals surface area contributed by atoms with Gasteiger partial charge in [0.1, 0.15) is 6.04 Å². The fourth-order valence-electron chi connectivity index (χ4n) is 2.51. The predicted octanol–water partition coefficient (Wildman–Crippen LogP) is 1.16. The molecule has 21 heavy (non-hydrogen) atoms. The number of nitrogens with one attached hydrogen (secondary N) is 1. The van der Waals surface area contributed by atoms with Crippen LogP contribution in [0, 0.1) is 0 Å². The largest absolute Gasteiger partial charge is 0.459 e. The fraction of sp³-hybridized carbons (Fsp3) is 0.600. The van der Waals surface area contributed by atoms with Crippen LogP contribution in [0.5, 0.6) is 0 Å². The van der Waals surface area contributed by atoms with Crippen molar-refractivity contribution in [1.29, 1.82) is 0 Å². The number of likely N-dealkylation sites (tertiary alicyclic amines) is 1. The molecule has 1 aliphatic rings. The molecule has 0 aromatic carbocycles. The molecule has 2 heterocycles. The Kier molecular flexibility index (Phi) is 5.38. The maximum absolute atomic E-state index is 12.3. The molecule has 2 rings (SSSR count). The summed E-state index contributed by atoms with van der Waals surface area (Å²) in [6.07, 6.45) is 3.72. The van der Waals surface area contributed by atoms with E-state index in [1.165, 1.54) is 6.26 Å². The first kappa shape index (κ1) is 15.6. The van der Waals surface area contributed by atoms with Gasteiger partial charge in [0.25, 0.3) is 5.91 Å². The van der Waals surface area contributed by atoms with Gasteiger partial charge in [-0.05, 0) is 37.8 Å². The summed E-state index contributed by atoms with van der Waals surface area (Å²) in [5.74, 6) is -0.141. The number of aliphatic hydroxyl groups is 1. The summed E-state index contributed by atoms with van der Waals surface area (Å²) in [6.45, 7) is 2.88. The van der Waals surface area contributed by atoms with Crippen LogP contribution in [0.4, 0.5) is 0 Å². The van der Waals surface area contributed by atoms with Crippen LogP contribution in [0.1, 0.15) is 43.2 Å². The first-order valence-corrected chi connectivity index (χ1v) is 7.43. The topological polar surface area (TPSA) is 82.8 Å². The lowest BCUT2D eigenvalue weighted by Gasteiger charge is -2.23. The Morgan fingerprint density at radius 2 is 2.38 bits per heavy atom. The molecule has 0 spiro atoms. The van der Waals surface area contributed by atoms with E-state index in [0.717, 1.165) is 6.42 Å². The molecule has 1 aromatic rings. The van der Waals surface area contributed by atoms with Crippen molar-refractivity contribution in [3.63, 3.8) is 0 Å². The van der Waals surface area contributed by atoms with E-state index in [-0.39, 0.29) is 17.6 Å². The van der Waals surface area contributed by atoms with Gasteiger partial charge in [-0.2, -0.15) is 0 Å². The Hall–Kier alpha value is -1.82. The van der Waals surface area contributed by atoms with Crippen molar-refractivity contribution in [1.82, 2.24) is 10.2 Å². The van der Waals surface area contributed by atoms with E-state index in [2.05, 4.69) is 5.32 Å². The zero-order valence-electron chi connectivity index (χ0n) is 12.2. The fourth-order valence-corrected chi connectivity index (χ4v) is 2.51. The molecule has 6 heteroatoms. The molecule has 0 bridgehead atoms. The summed E-state index contributed by atoms with van der Waals surface area (Å²) in [5.41, 5.74) is 0. The smallest absolute Gasteiger partial charge is 0.290 e. The highest BCUT2D eigenvalue weighted by molar-refractivity contribution is 5.95. The normalized spacial score (nSPS) is 19.5. The van der Waals surface area contributed by atoms with Crippen molar-refractivity contribution in [2.45, 2.75) is 44.8 Å². The minimum atomic E-state index is -0.443. The molecule has 1 aromatic heterocycles. The average Bonchev–Trinajstić information content (AvgIpc) is 3.17. The number of rotatable bonds is 6. The van der Waals surface area contributed by atoms with E-state index in [1.54, 1.807) is 17.0 Å². The van der Waals surface area contributed by atoms with Crippen molar-refractivity contribution >= 4 is 11.8 Å². The van der Waals surface area contributed by atoms with Gasteiger partial charge in [0, 0.05) is 13.1 Å². The summed E-state index contributed by atoms with van der Waals surface area (Å²) >= 11 is 0. The third kappa shape index (κ3) is 3.85. The van der Waals surface area contributed by atoms with Crippen LogP contribution in [0.2, 0.25) is 0 Å². The molecule has 1 saturated heterocycles. The third-order valence-electron chi connectivity index (χ3n) is 3.80. The van der Waals surface area contributed by atoms with Crippen molar-refractivity contribution < 1.29 is 19.1 Å². The summed E-state index contributed by atoms with van der Waals surface area (Å²) < 4.78 is 5.11. The molecule has 2 atom stereocenters. The van der Waals surface area contributed by atoms with E-state index in [0.29, 0.717) is 32.4 Å². The Morgan fingerprint density at radius 1 is 1.57 bits per heavy atom. The third-order valence-corrected chi connectivity index (χ3v) is 3.80. The molecular weight excluding hydrogens is 272 g/mol. The van der Waals surface area contributed by atoms with Crippen LogP contribution in [-0.4, -0.2) is 47.1 Å². The maximum Gasteiger partial charge on any atom is 0.290 e. The van der Waals surface area contributed by atoms with Gasteiger partial charge in [0.05, 0.1) is 12.4 Å². The molecule has 2 N–H and O–H groups in total. The Labute approximate surface area is 124 Å². The quantitative estimate of drug-likeness (QED) is 0.825. The van der Waals surface area contributed by atoms with Gasteiger partial charge >= 0.3 is 0 Å². The maximum atomic E-state index is 12.3. The minimum Gasteiger partial charge on any atom is -0.459 e. The number of amides is 2. The summed E-state index contributed by atoms with van der Waals surface area (Å²) in [6, 6.07) is 2.82. The van der Waals surface area contributed by atoms with Crippen molar-refractivity contribution in [2.75, 3.05) is 13.1 Å². The number of furan rings is 1. The van der Waals surface area contributed by atoms with Crippen LogP contribution in [0.25, 0.3) is 0 Å². The first-order valence-electron chi connectivity index (χ1n) is 7.43. The minimum absolute atomic E-state index is 0.157. The van der Waals surface area contributed by atoms with Crippen LogP contribution in [-0.2, 0) is 4.79 Å². The number of nitrogens with zero attached hydrogens (tertiary/aromatic N) is 1. The van der Waals surface area contributed by atoms with Crippen LogP contribution >= 0.6 is 0 Å². The second kappa shape index (κ2) is 7.26.